The highest BCUT2D eigenvalue weighted by atomic mass is 35.5. The molecule has 0 aliphatic carbocycles. The van der Waals surface area contributed by atoms with Gasteiger partial charge in [0.25, 0.3) is 5.91 Å². The van der Waals surface area contributed by atoms with Crippen LogP contribution in [0, 0.1) is 0 Å². The zero-order valence-electron chi connectivity index (χ0n) is 9.57. The van der Waals surface area contributed by atoms with Gasteiger partial charge in [0, 0.05) is 5.02 Å². The number of ether oxygens (including phenoxy) is 1. The average Bonchev–Trinajstić information content (AvgIpc) is 2.76. The Balaban J connectivity index is 2.27. The number of carbonyl (C=O) groups is 1. The molecule has 18 heavy (non-hydrogen) atoms. The van der Waals surface area contributed by atoms with E-state index in [2.05, 4.69) is 5.32 Å². The molecule has 0 aliphatic heterocycles. The molecule has 0 radical (unpaired) electrons. The van der Waals surface area contributed by atoms with Crippen LogP contribution >= 0.6 is 22.9 Å². The Morgan fingerprint density at radius 1 is 1.44 bits per heavy atom. The number of benzene rings is 1. The van der Waals surface area contributed by atoms with Crippen molar-refractivity contribution in [3.05, 3.63) is 39.5 Å². The molecule has 94 valence electrons. The van der Waals surface area contributed by atoms with Gasteiger partial charge >= 0.3 is 0 Å². The molecule has 2 aromatic rings. The summed E-state index contributed by atoms with van der Waals surface area (Å²) in [4.78, 5) is 12.5. The molecule has 3 N–H and O–H groups in total. The molecular weight excluding hydrogens is 272 g/mol. The lowest BCUT2D eigenvalue weighted by atomic mass is 10.2. The fourth-order valence-corrected chi connectivity index (χ4v) is 2.35. The highest BCUT2D eigenvalue weighted by Gasteiger charge is 2.13. The van der Waals surface area contributed by atoms with Crippen molar-refractivity contribution in [1.29, 1.82) is 0 Å². The molecule has 0 aliphatic rings. The molecule has 0 saturated heterocycles. The van der Waals surface area contributed by atoms with E-state index in [9.17, 15) is 4.79 Å². The van der Waals surface area contributed by atoms with E-state index in [1.807, 2.05) is 0 Å². The van der Waals surface area contributed by atoms with Gasteiger partial charge in [0.2, 0.25) is 0 Å². The van der Waals surface area contributed by atoms with E-state index < -0.39 is 0 Å². The molecule has 1 aromatic carbocycles. The number of nitrogens with two attached hydrogens (primary N) is 1. The van der Waals surface area contributed by atoms with Gasteiger partial charge in [0.05, 0.1) is 18.5 Å². The lowest BCUT2D eigenvalue weighted by Gasteiger charge is -2.10. The summed E-state index contributed by atoms with van der Waals surface area (Å²) in [5.41, 5.74) is 6.66. The van der Waals surface area contributed by atoms with Crippen molar-refractivity contribution < 1.29 is 9.53 Å². The van der Waals surface area contributed by atoms with Crippen LogP contribution in [0.25, 0.3) is 0 Å². The maximum atomic E-state index is 12.0. The Morgan fingerprint density at radius 3 is 2.83 bits per heavy atom. The van der Waals surface area contributed by atoms with E-state index in [-0.39, 0.29) is 5.91 Å². The first-order valence-corrected chi connectivity index (χ1v) is 6.35. The predicted molar refractivity (Wildman–Crippen MR) is 74.7 cm³/mol. The first-order chi connectivity index (χ1) is 8.61. The summed E-state index contributed by atoms with van der Waals surface area (Å²) in [6.45, 7) is 0. The Labute approximate surface area is 113 Å². The lowest BCUT2D eigenvalue weighted by molar-refractivity contribution is 0.103. The van der Waals surface area contributed by atoms with Crippen molar-refractivity contribution in [2.75, 3.05) is 18.2 Å². The minimum Gasteiger partial charge on any atom is -0.495 e. The highest BCUT2D eigenvalue weighted by Crippen LogP contribution is 2.29. The zero-order valence-corrected chi connectivity index (χ0v) is 11.1. The number of rotatable bonds is 3. The summed E-state index contributed by atoms with van der Waals surface area (Å²) < 4.78 is 5.15. The number of methoxy groups -OCH3 is 1. The maximum Gasteiger partial charge on any atom is 0.267 e. The van der Waals surface area contributed by atoms with Crippen molar-refractivity contribution in [2.45, 2.75) is 0 Å². The maximum absolute atomic E-state index is 12.0. The van der Waals surface area contributed by atoms with E-state index in [0.717, 1.165) is 0 Å². The number of halogens is 1. The van der Waals surface area contributed by atoms with Crippen molar-refractivity contribution in [3.8, 4) is 5.75 Å². The van der Waals surface area contributed by atoms with Gasteiger partial charge in [-0.05, 0) is 29.6 Å². The van der Waals surface area contributed by atoms with Crippen LogP contribution in [0.3, 0.4) is 0 Å². The summed E-state index contributed by atoms with van der Waals surface area (Å²) in [5.74, 6) is 0.269. The third-order valence-electron chi connectivity index (χ3n) is 2.31. The summed E-state index contributed by atoms with van der Waals surface area (Å²) in [5, 5.41) is 5.01. The van der Waals surface area contributed by atoms with E-state index >= 15 is 0 Å². The Morgan fingerprint density at radius 2 is 2.22 bits per heavy atom. The summed E-state index contributed by atoms with van der Waals surface area (Å²) in [6.07, 6.45) is 0. The van der Waals surface area contributed by atoms with E-state index in [0.29, 0.717) is 27.0 Å². The van der Waals surface area contributed by atoms with Crippen molar-refractivity contribution >= 4 is 40.2 Å². The van der Waals surface area contributed by atoms with Crippen LogP contribution in [0.15, 0.2) is 29.6 Å². The first kappa shape index (κ1) is 12.7. The zero-order chi connectivity index (χ0) is 13.1. The highest BCUT2D eigenvalue weighted by molar-refractivity contribution is 7.12. The normalized spacial score (nSPS) is 10.1. The minimum absolute atomic E-state index is 0.275. The largest absolute Gasteiger partial charge is 0.495 e. The van der Waals surface area contributed by atoms with Crippen LogP contribution in [0.2, 0.25) is 5.02 Å². The Hall–Kier alpha value is -1.72. The van der Waals surface area contributed by atoms with E-state index in [1.165, 1.54) is 18.4 Å². The van der Waals surface area contributed by atoms with Gasteiger partial charge in [-0.15, -0.1) is 11.3 Å². The van der Waals surface area contributed by atoms with Gasteiger partial charge < -0.3 is 15.8 Å². The SMILES string of the molecule is COc1ccc(Cl)cc1NC(=O)c1sccc1N. The molecule has 4 nitrogen and oxygen atoms in total. The second-order valence-corrected chi connectivity index (χ2v) is 4.86. The van der Waals surface area contributed by atoms with Crippen molar-refractivity contribution in [1.82, 2.24) is 0 Å². The summed E-state index contributed by atoms with van der Waals surface area (Å²) in [7, 11) is 1.53. The predicted octanol–water partition coefficient (Wildman–Crippen LogP) is 3.24. The first-order valence-electron chi connectivity index (χ1n) is 5.09. The molecule has 0 spiro atoms. The summed E-state index contributed by atoms with van der Waals surface area (Å²) >= 11 is 7.17. The number of hydrogen-bond acceptors (Lipinski definition) is 4. The van der Waals surface area contributed by atoms with E-state index in [1.54, 1.807) is 29.6 Å². The number of nitrogens with one attached hydrogen (secondary N) is 1. The molecular formula is C12H11ClN2O2S. The number of hydrogen-bond donors (Lipinski definition) is 2. The van der Waals surface area contributed by atoms with Crippen LogP contribution in [-0.2, 0) is 0 Å². The molecule has 0 saturated carbocycles. The van der Waals surface area contributed by atoms with E-state index in [4.69, 9.17) is 22.1 Å². The van der Waals surface area contributed by atoms with Gasteiger partial charge in [-0.25, -0.2) is 0 Å². The molecule has 2 rings (SSSR count). The second kappa shape index (κ2) is 5.29. The summed E-state index contributed by atoms with van der Waals surface area (Å²) in [6, 6.07) is 6.70. The van der Waals surface area contributed by atoms with Gasteiger partial charge in [-0.2, -0.15) is 0 Å². The molecule has 0 bridgehead atoms. The van der Waals surface area contributed by atoms with Crippen LogP contribution in [-0.4, -0.2) is 13.0 Å². The fraction of sp³-hybridized carbons (Fsp3) is 0.0833. The molecule has 0 unspecified atom stereocenters. The van der Waals surface area contributed by atoms with Crippen LogP contribution in [0.1, 0.15) is 9.67 Å². The number of carbonyl (C=O) groups excluding carboxylic acids is 1. The molecule has 0 atom stereocenters. The standard InChI is InChI=1S/C12H11ClN2O2S/c1-17-10-3-2-7(13)6-9(10)15-12(16)11-8(14)4-5-18-11/h2-6H,14H2,1H3,(H,15,16). The van der Waals surface area contributed by atoms with Gasteiger partial charge in [0.1, 0.15) is 10.6 Å². The molecule has 0 fully saturated rings. The molecule has 6 heteroatoms. The van der Waals surface area contributed by atoms with Crippen molar-refractivity contribution in [3.63, 3.8) is 0 Å². The monoisotopic (exact) mass is 282 g/mol. The van der Waals surface area contributed by atoms with Gasteiger partial charge in [-0.3, -0.25) is 4.79 Å². The smallest absolute Gasteiger partial charge is 0.267 e. The molecule has 1 heterocycles. The lowest BCUT2D eigenvalue weighted by Crippen LogP contribution is -2.12. The number of anilines is 2. The fourth-order valence-electron chi connectivity index (χ4n) is 1.46. The van der Waals surface area contributed by atoms with Gasteiger partial charge in [0.15, 0.2) is 0 Å². The number of thiophene rings is 1. The minimum atomic E-state index is -0.275. The van der Waals surface area contributed by atoms with Crippen LogP contribution < -0.4 is 15.8 Å². The quantitative estimate of drug-likeness (QED) is 0.908. The molecule has 1 aromatic heterocycles. The van der Waals surface area contributed by atoms with Gasteiger partial charge in [-0.1, -0.05) is 11.6 Å². The Bertz CT molecular complexity index is 583. The molecule has 1 amide bonds. The third-order valence-corrected chi connectivity index (χ3v) is 3.48. The number of nitrogen functional groups attached to an aromatic ring is 1. The van der Waals surface area contributed by atoms with Crippen LogP contribution in [0.4, 0.5) is 11.4 Å². The average molecular weight is 283 g/mol. The van der Waals surface area contributed by atoms with Crippen LogP contribution in [0.5, 0.6) is 5.75 Å². The number of amides is 1. The van der Waals surface area contributed by atoms with Crippen molar-refractivity contribution in [2.24, 2.45) is 0 Å². The third kappa shape index (κ3) is 2.57. The topological polar surface area (TPSA) is 64.3 Å². The second-order valence-electron chi connectivity index (χ2n) is 3.50. The Kier molecular flexibility index (Phi) is 3.74.